The zero-order valence-electron chi connectivity index (χ0n) is 3.79. The standard InChI is InChI=1S/C4H4BNS/c5-1-4-2-6-3-7-4/h2-3H,1H2. The number of hydrogen-bond acceptors (Lipinski definition) is 2. The zero-order chi connectivity index (χ0) is 5.11. The van der Waals surface area contributed by atoms with Gasteiger partial charge in [0.25, 0.3) is 0 Å². The molecule has 0 N–H and O–H groups in total. The summed E-state index contributed by atoms with van der Waals surface area (Å²) in [5.41, 5.74) is 1.78. The van der Waals surface area contributed by atoms with Gasteiger partial charge in [-0.25, -0.2) is 0 Å². The molecule has 0 saturated heterocycles. The lowest BCUT2D eigenvalue weighted by Crippen LogP contribution is -1.72. The van der Waals surface area contributed by atoms with Crippen molar-refractivity contribution in [2.45, 2.75) is 6.32 Å². The molecule has 0 aliphatic heterocycles. The number of rotatable bonds is 1. The fourth-order valence-corrected chi connectivity index (χ4v) is 0.818. The third-order valence-electron chi connectivity index (χ3n) is 0.685. The van der Waals surface area contributed by atoms with E-state index in [1.807, 2.05) is 0 Å². The van der Waals surface area contributed by atoms with Crippen LogP contribution in [0.1, 0.15) is 4.88 Å². The second-order valence-electron chi connectivity index (χ2n) is 1.17. The van der Waals surface area contributed by atoms with Crippen molar-refractivity contribution in [3.8, 4) is 0 Å². The van der Waals surface area contributed by atoms with Crippen LogP contribution in [0.5, 0.6) is 0 Å². The largest absolute Gasteiger partial charge is 0.253 e. The van der Waals surface area contributed by atoms with Crippen molar-refractivity contribution in [1.29, 1.82) is 0 Å². The molecule has 0 spiro atoms. The Labute approximate surface area is 47.8 Å². The lowest BCUT2D eigenvalue weighted by Gasteiger charge is -1.76. The Morgan fingerprint density at radius 2 is 2.71 bits per heavy atom. The topological polar surface area (TPSA) is 12.9 Å². The SMILES string of the molecule is [B]Cc1cncs1. The molecule has 7 heavy (non-hydrogen) atoms. The third kappa shape index (κ3) is 1.03. The quantitative estimate of drug-likeness (QED) is 0.486. The normalized spacial score (nSPS) is 9.14. The average Bonchev–Trinajstić information content (AvgIpc) is 2.14. The van der Waals surface area contributed by atoms with Gasteiger partial charge in [-0.1, -0.05) is 6.32 Å². The van der Waals surface area contributed by atoms with E-state index in [0.29, 0.717) is 6.32 Å². The van der Waals surface area contributed by atoms with E-state index in [2.05, 4.69) is 4.98 Å². The average molecular weight is 109 g/mol. The maximum absolute atomic E-state index is 5.26. The summed E-state index contributed by atoms with van der Waals surface area (Å²) in [5, 5.41) is 0. The molecular formula is C4H4BNS. The van der Waals surface area contributed by atoms with Gasteiger partial charge in [0.15, 0.2) is 0 Å². The molecule has 0 atom stereocenters. The summed E-state index contributed by atoms with van der Waals surface area (Å²) < 4.78 is 0. The van der Waals surface area contributed by atoms with E-state index < -0.39 is 0 Å². The van der Waals surface area contributed by atoms with Crippen LogP contribution in [-0.2, 0) is 6.32 Å². The van der Waals surface area contributed by atoms with Crippen LogP contribution in [0.25, 0.3) is 0 Å². The summed E-state index contributed by atoms with van der Waals surface area (Å²) in [6, 6.07) is 0. The van der Waals surface area contributed by atoms with E-state index in [9.17, 15) is 0 Å². The molecule has 0 unspecified atom stereocenters. The van der Waals surface area contributed by atoms with Crippen molar-refractivity contribution < 1.29 is 0 Å². The zero-order valence-corrected chi connectivity index (χ0v) is 4.61. The maximum atomic E-state index is 5.26. The number of hydrogen-bond donors (Lipinski definition) is 0. The van der Waals surface area contributed by atoms with Crippen LogP contribution in [0.4, 0.5) is 0 Å². The van der Waals surface area contributed by atoms with Crippen LogP contribution in [0.2, 0.25) is 0 Å². The highest BCUT2D eigenvalue weighted by atomic mass is 32.1. The molecule has 0 bridgehead atoms. The van der Waals surface area contributed by atoms with Gasteiger partial charge in [-0.15, -0.1) is 11.3 Å². The van der Waals surface area contributed by atoms with E-state index in [1.165, 1.54) is 0 Å². The smallest absolute Gasteiger partial charge is 0.0793 e. The molecule has 0 amide bonds. The Balaban J connectivity index is 2.76. The molecule has 1 rings (SSSR count). The Morgan fingerprint density at radius 1 is 1.86 bits per heavy atom. The van der Waals surface area contributed by atoms with Crippen molar-refractivity contribution >= 4 is 19.2 Å². The maximum Gasteiger partial charge on any atom is 0.0793 e. The Hall–Kier alpha value is -0.305. The highest BCUT2D eigenvalue weighted by Crippen LogP contribution is 2.02. The minimum Gasteiger partial charge on any atom is -0.253 e. The van der Waals surface area contributed by atoms with Gasteiger partial charge in [-0.05, 0) is 0 Å². The molecule has 3 heteroatoms. The van der Waals surface area contributed by atoms with E-state index in [-0.39, 0.29) is 0 Å². The summed E-state index contributed by atoms with van der Waals surface area (Å²) in [5.74, 6) is 0. The summed E-state index contributed by atoms with van der Waals surface area (Å²) >= 11 is 1.59. The fourth-order valence-electron chi connectivity index (χ4n) is 0.343. The number of thiazole rings is 1. The highest BCUT2D eigenvalue weighted by molar-refractivity contribution is 7.09. The number of aromatic nitrogens is 1. The Kier molecular flexibility index (Phi) is 1.47. The van der Waals surface area contributed by atoms with Crippen molar-refractivity contribution in [1.82, 2.24) is 4.98 Å². The summed E-state index contributed by atoms with van der Waals surface area (Å²) in [7, 11) is 5.26. The molecule has 1 nitrogen and oxygen atoms in total. The monoisotopic (exact) mass is 109 g/mol. The lowest BCUT2D eigenvalue weighted by molar-refractivity contribution is 1.37. The molecule has 0 saturated carbocycles. The number of nitrogens with zero attached hydrogens (tertiary/aromatic N) is 1. The summed E-state index contributed by atoms with van der Waals surface area (Å²) in [4.78, 5) is 4.97. The Morgan fingerprint density at radius 3 is 3.00 bits per heavy atom. The summed E-state index contributed by atoms with van der Waals surface area (Å²) in [6.07, 6.45) is 2.40. The van der Waals surface area contributed by atoms with Gasteiger partial charge in [0, 0.05) is 11.1 Å². The minimum absolute atomic E-state index is 0.616. The summed E-state index contributed by atoms with van der Waals surface area (Å²) in [6.45, 7) is 0. The van der Waals surface area contributed by atoms with Gasteiger partial charge in [0.2, 0.25) is 0 Å². The first-order valence-corrected chi connectivity index (χ1v) is 2.89. The minimum atomic E-state index is 0.616. The molecule has 0 aliphatic carbocycles. The van der Waals surface area contributed by atoms with Gasteiger partial charge in [-0.3, -0.25) is 4.98 Å². The molecule has 1 aromatic rings. The van der Waals surface area contributed by atoms with E-state index in [4.69, 9.17) is 7.85 Å². The van der Waals surface area contributed by atoms with E-state index >= 15 is 0 Å². The molecule has 0 aromatic carbocycles. The molecule has 2 radical (unpaired) electrons. The van der Waals surface area contributed by atoms with Crippen LogP contribution < -0.4 is 0 Å². The third-order valence-corrected chi connectivity index (χ3v) is 1.49. The van der Waals surface area contributed by atoms with Crippen LogP contribution in [0, 0.1) is 0 Å². The van der Waals surface area contributed by atoms with Crippen molar-refractivity contribution in [2.75, 3.05) is 0 Å². The highest BCUT2D eigenvalue weighted by Gasteiger charge is 1.83. The van der Waals surface area contributed by atoms with Crippen molar-refractivity contribution in [3.63, 3.8) is 0 Å². The van der Waals surface area contributed by atoms with E-state index in [0.717, 1.165) is 4.88 Å². The van der Waals surface area contributed by atoms with Crippen molar-refractivity contribution in [2.24, 2.45) is 0 Å². The molecule has 1 heterocycles. The van der Waals surface area contributed by atoms with Crippen LogP contribution in [0.15, 0.2) is 11.7 Å². The van der Waals surface area contributed by atoms with Gasteiger partial charge in [0.05, 0.1) is 13.4 Å². The lowest BCUT2D eigenvalue weighted by atomic mass is 10.1. The first-order valence-electron chi connectivity index (χ1n) is 2.01. The van der Waals surface area contributed by atoms with E-state index in [1.54, 1.807) is 23.0 Å². The van der Waals surface area contributed by atoms with Crippen LogP contribution in [-0.4, -0.2) is 12.8 Å². The Bertz CT molecular complexity index is 126. The first-order chi connectivity index (χ1) is 3.43. The predicted molar refractivity (Wildman–Crippen MR) is 31.6 cm³/mol. The molecule has 0 fully saturated rings. The van der Waals surface area contributed by atoms with Gasteiger partial charge in [-0.2, -0.15) is 0 Å². The van der Waals surface area contributed by atoms with Crippen LogP contribution >= 0.6 is 11.3 Å². The van der Waals surface area contributed by atoms with Crippen molar-refractivity contribution in [3.05, 3.63) is 16.6 Å². The molecule has 1 aromatic heterocycles. The van der Waals surface area contributed by atoms with Gasteiger partial charge in [0.1, 0.15) is 0 Å². The van der Waals surface area contributed by atoms with Gasteiger partial charge >= 0.3 is 0 Å². The molecule has 34 valence electrons. The predicted octanol–water partition coefficient (Wildman–Crippen LogP) is 0.812. The van der Waals surface area contributed by atoms with Crippen LogP contribution in [0.3, 0.4) is 0 Å². The first kappa shape index (κ1) is 4.84. The second-order valence-corrected chi connectivity index (χ2v) is 2.14. The van der Waals surface area contributed by atoms with Gasteiger partial charge < -0.3 is 0 Å². The molecular weight excluding hydrogens is 105 g/mol. The fraction of sp³-hybridized carbons (Fsp3) is 0.250. The molecule has 0 aliphatic rings. The second kappa shape index (κ2) is 2.12.